The fourth-order valence-corrected chi connectivity index (χ4v) is 1.04. The Morgan fingerprint density at radius 2 is 1.33 bits per heavy atom. The van der Waals surface area contributed by atoms with Crippen LogP contribution in [0.3, 0.4) is 0 Å². The van der Waals surface area contributed by atoms with Gasteiger partial charge in [0, 0.05) is 0 Å². The van der Waals surface area contributed by atoms with Crippen molar-refractivity contribution in [2.24, 2.45) is 0 Å². The maximum atomic E-state index is 13.2. The molecule has 0 saturated heterocycles. The first-order valence-corrected chi connectivity index (χ1v) is 5.08. The standard InChI is InChI=1S/C11H11F5O2/c1-3-11(2,17)4-18-10-8(15)6(13)5(12)7(14)9(10)16/h17H,3-4H2,1-2H3. The molecule has 18 heavy (non-hydrogen) atoms. The average Bonchev–Trinajstić information content (AvgIpc) is 2.34. The first-order valence-electron chi connectivity index (χ1n) is 5.08. The van der Waals surface area contributed by atoms with E-state index in [1.165, 1.54) is 6.92 Å². The van der Waals surface area contributed by atoms with Crippen LogP contribution >= 0.6 is 0 Å². The van der Waals surface area contributed by atoms with Crippen molar-refractivity contribution < 1.29 is 31.8 Å². The zero-order valence-corrected chi connectivity index (χ0v) is 9.66. The molecule has 7 heteroatoms. The molecule has 1 N–H and O–H groups in total. The smallest absolute Gasteiger partial charge is 0.206 e. The summed E-state index contributed by atoms with van der Waals surface area (Å²) in [6.07, 6.45) is 0.183. The molecule has 0 aliphatic heterocycles. The summed E-state index contributed by atoms with van der Waals surface area (Å²) in [5, 5.41) is 9.53. The normalized spacial score (nSPS) is 14.4. The molecule has 0 spiro atoms. The van der Waals surface area contributed by atoms with E-state index in [4.69, 9.17) is 0 Å². The third-order valence-corrected chi connectivity index (χ3v) is 2.46. The van der Waals surface area contributed by atoms with Crippen molar-refractivity contribution in [1.82, 2.24) is 0 Å². The van der Waals surface area contributed by atoms with Crippen molar-refractivity contribution in [2.75, 3.05) is 6.61 Å². The number of halogens is 5. The predicted molar refractivity (Wildman–Crippen MR) is 52.6 cm³/mol. The zero-order valence-electron chi connectivity index (χ0n) is 9.66. The van der Waals surface area contributed by atoms with Crippen molar-refractivity contribution in [1.29, 1.82) is 0 Å². The molecule has 0 amide bonds. The zero-order chi connectivity index (χ0) is 14.1. The van der Waals surface area contributed by atoms with Crippen LogP contribution in [0.25, 0.3) is 0 Å². The summed E-state index contributed by atoms with van der Waals surface area (Å²) in [7, 11) is 0. The number of hydrogen-bond acceptors (Lipinski definition) is 2. The summed E-state index contributed by atoms with van der Waals surface area (Å²) < 4.78 is 69.1. The lowest BCUT2D eigenvalue weighted by Gasteiger charge is -2.21. The van der Waals surface area contributed by atoms with Crippen molar-refractivity contribution in [3.63, 3.8) is 0 Å². The van der Waals surface area contributed by atoms with Crippen LogP contribution < -0.4 is 4.74 Å². The van der Waals surface area contributed by atoms with E-state index in [-0.39, 0.29) is 6.42 Å². The van der Waals surface area contributed by atoms with E-state index in [0.29, 0.717) is 0 Å². The molecule has 0 aliphatic carbocycles. The summed E-state index contributed by atoms with van der Waals surface area (Å²) in [4.78, 5) is 0. The Kier molecular flexibility index (Phi) is 4.16. The maximum absolute atomic E-state index is 13.2. The Hall–Kier alpha value is -1.37. The van der Waals surface area contributed by atoms with Gasteiger partial charge in [0.15, 0.2) is 5.75 Å². The molecule has 0 fully saturated rings. The van der Waals surface area contributed by atoms with Gasteiger partial charge in [-0.2, -0.15) is 8.78 Å². The highest BCUT2D eigenvalue weighted by molar-refractivity contribution is 5.29. The molecule has 1 aromatic rings. The van der Waals surface area contributed by atoms with Crippen molar-refractivity contribution in [2.45, 2.75) is 25.9 Å². The molecule has 1 unspecified atom stereocenters. The van der Waals surface area contributed by atoms with Crippen LogP contribution in [0.4, 0.5) is 22.0 Å². The van der Waals surface area contributed by atoms with Crippen molar-refractivity contribution in [3.8, 4) is 5.75 Å². The second kappa shape index (κ2) is 5.09. The molecule has 0 bridgehead atoms. The molecule has 0 saturated carbocycles. The maximum Gasteiger partial charge on any atom is 0.206 e. The topological polar surface area (TPSA) is 29.5 Å². The summed E-state index contributed by atoms with van der Waals surface area (Å²) in [5.74, 6) is -11.9. The Labute approximate surface area is 100.0 Å². The highest BCUT2D eigenvalue weighted by atomic mass is 19.2. The molecule has 102 valence electrons. The summed E-state index contributed by atoms with van der Waals surface area (Å²) in [6, 6.07) is 0. The molecule has 2 nitrogen and oxygen atoms in total. The number of rotatable bonds is 4. The largest absolute Gasteiger partial charge is 0.484 e. The Bertz CT molecular complexity index is 430. The highest BCUT2D eigenvalue weighted by Crippen LogP contribution is 2.29. The Balaban J connectivity index is 3.11. The molecule has 1 rings (SSSR count). The number of ether oxygens (including phenoxy) is 1. The average molecular weight is 270 g/mol. The van der Waals surface area contributed by atoms with E-state index in [9.17, 15) is 27.1 Å². The monoisotopic (exact) mass is 270 g/mol. The molecule has 1 aromatic carbocycles. The Morgan fingerprint density at radius 1 is 0.944 bits per heavy atom. The lowest BCUT2D eigenvalue weighted by Crippen LogP contribution is -2.31. The first kappa shape index (κ1) is 14.7. The lowest BCUT2D eigenvalue weighted by molar-refractivity contribution is 0.00548. The minimum absolute atomic E-state index is 0.183. The van der Waals surface area contributed by atoms with E-state index in [0.717, 1.165) is 0 Å². The lowest BCUT2D eigenvalue weighted by atomic mass is 10.1. The van der Waals surface area contributed by atoms with Crippen LogP contribution in [-0.4, -0.2) is 17.3 Å². The molecule has 0 aromatic heterocycles. The van der Waals surface area contributed by atoms with E-state index < -0.39 is 47.0 Å². The quantitative estimate of drug-likeness (QED) is 0.518. The molecule has 0 aliphatic rings. The summed E-state index contributed by atoms with van der Waals surface area (Å²) >= 11 is 0. The van der Waals surface area contributed by atoms with Gasteiger partial charge >= 0.3 is 0 Å². The minimum atomic E-state index is -2.25. The van der Waals surface area contributed by atoms with Crippen molar-refractivity contribution >= 4 is 0 Å². The van der Waals surface area contributed by atoms with E-state index in [1.54, 1.807) is 6.92 Å². The number of aliphatic hydroxyl groups is 1. The molecular weight excluding hydrogens is 259 g/mol. The van der Waals surface area contributed by atoms with Gasteiger partial charge in [0.05, 0.1) is 5.60 Å². The van der Waals surface area contributed by atoms with Crippen LogP contribution in [0.2, 0.25) is 0 Å². The van der Waals surface area contributed by atoms with Crippen LogP contribution in [0.1, 0.15) is 20.3 Å². The van der Waals surface area contributed by atoms with Gasteiger partial charge in [-0.05, 0) is 13.3 Å². The van der Waals surface area contributed by atoms with Crippen LogP contribution in [0, 0.1) is 29.1 Å². The van der Waals surface area contributed by atoms with Gasteiger partial charge in [0.1, 0.15) is 6.61 Å². The first-order chi connectivity index (χ1) is 8.21. The highest BCUT2D eigenvalue weighted by Gasteiger charge is 2.28. The predicted octanol–water partition coefficient (Wildman–Crippen LogP) is 2.92. The van der Waals surface area contributed by atoms with Gasteiger partial charge < -0.3 is 9.84 Å². The Morgan fingerprint density at radius 3 is 1.72 bits per heavy atom. The van der Waals surface area contributed by atoms with Gasteiger partial charge in [-0.25, -0.2) is 13.2 Å². The molecule has 0 heterocycles. The van der Waals surface area contributed by atoms with E-state index in [1.807, 2.05) is 0 Å². The van der Waals surface area contributed by atoms with Gasteiger partial charge in [-0.15, -0.1) is 0 Å². The molecule has 1 atom stereocenters. The minimum Gasteiger partial charge on any atom is -0.484 e. The van der Waals surface area contributed by atoms with Crippen LogP contribution in [0.5, 0.6) is 5.75 Å². The summed E-state index contributed by atoms with van der Waals surface area (Å²) in [5.41, 5.74) is -1.43. The second-order valence-corrected chi connectivity index (χ2v) is 4.04. The third-order valence-electron chi connectivity index (χ3n) is 2.46. The molecule has 0 radical (unpaired) electrons. The SMILES string of the molecule is CCC(C)(O)COc1c(F)c(F)c(F)c(F)c1F. The third kappa shape index (κ3) is 2.72. The van der Waals surface area contributed by atoms with Gasteiger partial charge in [-0.3, -0.25) is 0 Å². The van der Waals surface area contributed by atoms with Crippen LogP contribution in [0.15, 0.2) is 0 Å². The fourth-order valence-electron chi connectivity index (χ4n) is 1.04. The number of hydrogen-bond donors (Lipinski definition) is 1. The van der Waals surface area contributed by atoms with Gasteiger partial charge in [0.2, 0.25) is 29.1 Å². The van der Waals surface area contributed by atoms with Gasteiger partial charge in [0.25, 0.3) is 0 Å². The number of benzene rings is 1. The van der Waals surface area contributed by atoms with E-state index >= 15 is 0 Å². The summed E-state index contributed by atoms with van der Waals surface area (Å²) in [6.45, 7) is 2.28. The fraction of sp³-hybridized carbons (Fsp3) is 0.455. The second-order valence-electron chi connectivity index (χ2n) is 4.04. The van der Waals surface area contributed by atoms with E-state index in [2.05, 4.69) is 4.74 Å². The van der Waals surface area contributed by atoms with Crippen LogP contribution in [-0.2, 0) is 0 Å². The van der Waals surface area contributed by atoms with Gasteiger partial charge in [-0.1, -0.05) is 6.92 Å². The molecular formula is C11H11F5O2. The van der Waals surface area contributed by atoms with Crippen molar-refractivity contribution in [3.05, 3.63) is 29.1 Å².